The third kappa shape index (κ3) is 3.90. The van der Waals surface area contributed by atoms with Crippen molar-refractivity contribution in [1.29, 1.82) is 0 Å². The summed E-state index contributed by atoms with van der Waals surface area (Å²) in [5.41, 5.74) is 0.629. The largest absolute Gasteiger partial charge is 0.382 e. The zero-order valence-electron chi connectivity index (χ0n) is 12.7. The predicted molar refractivity (Wildman–Crippen MR) is 78.8 cm³/mol. The van der Waals surface area contributed by atoms with E-state index in [2.05, 4.69) is 0 Å². The maximum Gasteiger partial charge on any atom is 0.247 e. The molecule has 0 spiro atoms. The Bertz CT molecular complexity index is 509. The molecule has 0 saturated carbocycles. The van der Waals surface area contributed by atoms with Gasteiger partial charge in [0.05, 0.1) is 12.1 Å². The lowest BCUT2D eigenvalue weighted by molar-refractivity contribution is -0.131. The molecule has 0 bridgehead atoms. The number of allylic oxidation sites excluding steroid dienone is 1. The van der Waals surface area contributed by atoms with Crippen LogP contribution in [0, 0.1) is 5.82 Å². The molecule has 0 aliphatic carbocycles. The Kier molecular flexibility index (Phi) is 5.45. The van der Waals surface area contributed by atoms with Crippen LogP contribution in [-0.2, 0) is 9.53 Å². The van der Waals surface area contributed by atoms with Gasteiger partial charge in [0.25, 0.3) is 0 Å². The molecule has 0 aromatic heterocycles. The van der Waals surface area contributed by atoms with Crippen molar-refractivity contribution in [3.8, 4) is 0 Å². The first-order chi connectivity index (χ1) is 9.29. The molecule has 0 aliphatic heterocycles. The van der Waals surface area contributed by atoms with Gasteiger partial charge in [0.15, 0.2) is 0 Å². The monoisotopic (exact) mass is 279 g/mol. The van der Waals surface area contributed by atoms with Crippen molar-refractivity contribution in [2.45, 2.75) is 26.3 Å². The Morgan fingerprint density at radius 1 is 1.40 bits per heavy atom. The molecule has 4 heteroatoms. The van der Waals surface area contributed by atoms with Gasteiger partial charge in [-0.15, -0.1) is 0 Å². The second-order valence-electron chi connectivity index (χ2n) is 5.45. The number of rotatable bonds is 5. The molecular weight excluding hydrogens is 257 g/mol. The molecule has 0 N–H and O–H groups in total. The van der Waals surface area contributed by atoms with E-state index >= 15 is 0 Å². The first-order valence-electron chi connectivity index (χ1n) is 6.49. The van der Waals surface area contributed by atoms with E-state index in [-0.39, 0.29) is 11.7 Å². The molecule has 0 fully saturated rings. The number of nitrogens with zero attached hydrogens (tertiary/aromatic N) is 1. The van der Waals surface area contributed by atoms with Crippen LogP contribution in [-0.4, -0.2) is 37.1 Å². The van der Waals surface area contributed by atoms with Crippen molar-refractivity contribution in [3.63, 3.8) is 0 Å². The van der Waals surface area contributed by atoms with Crippen molar-refractivity contribution in [3.05, 3.63) is 41.7 Å². The van der Waals surface area contributed by atoms with Crippen LogP contribution in [0.5, 0.6) is 0 Å². The van der Waals surface area contributed by atoms with Gasteiger partial charge in [0, 0.05) is 25.8 Å². The Balaban J connectivity index is 2.94. The maximum absolute atomic E-state index is 13.7. The summed E-state index contributed by atoms with van der Waals surface area (Å²) in [6.45, 7) is 6.00. The highest BCUT2D eigenvalue weighted by Gasteiger charge is 2.26. The summed E-state index contributed by atoms with van der Waals surface area (Å²) in [7, 11) is 3.31. The van der Waals surface area contributed by atoms with E-state index in [1.807, 2.05) is 13.8 Å². The quantitative estimate of drug-likeness (QED) is 0.775. The Morgan fingerprint density at radius 3 is 2.55 bits per heavy atom. The average Bonchev–Trinajstić information content (AvgIpc) is 2.38. The van der Waals surface area contributed by atoms with Gasteiger partial charge in [-0.2, -0.15) is 0 Å². The van der Waals surface area contributed by atoms with Gasteiger partial charge in [-0.25, -0.2) is 4.39 Å². The van der Waals surface area contributed by atoms with E-state index in [1.165, 1.54) is 12.1 Å². The SMILES string of the molecule is COCC(C)(C)N(C)C(=O)C=C(C)c1ccccc1F. The molecule has 0 atom stereocenters. The second kappa shape index (κ2) is 6.66. The molecule has 0 radical (unpaired) electrons. The molecule has 0 heterocycles. The number of hydrogen-bond acceptors (Lipinski definition) is 2. The highest BCUT2D eigenvalue weighted by Crippen LogP contribution is 2.19. The fourth-order valence-corrected chi connectivity index (χ4v) is 1.89. The van der Waals surface area contributed by atoms with Gasteiger partial charge in [-0.05, 0) is 32.4 Å². The third-order valence-corrected chi connectivity index (χ3v) is 3.37. The number of amides is 1. The standard InChI is InChI=1S/C16H22FNO2/c1-12(13-8-6-7-9-14(13)17)10-15(19)18(4)16(2,3)11-20-5/h6-10H,11H2,1-5H3. The highest BCUT2D eigenvalue weighted by molar-refractivity contribution is 5.95. The summed E-state index contributed by atoms with van der Waals surface area (Å²) < 4.78 is 18.8. The fourth-order valence-electron chi connectivity index (χ4n) is 1.89. The van der Waals surface area contributed by atoms with Gasteiger partial charge in [-0.1, -0.05) is 18.2 Å². The van der Waals surface area contributed by atoms with Gasteiger partial charge < -0.3 is 9.64 Å². The van der Waals surface area contributed by atoms with E-state index in [9.17, 15) is 9.18 Å². The molecule has 1 rings (SSSR count). The van der Waals surface area contributed by atoms with Gasteiger partial charge in [0.2, 0.25) is 5.91 Å². The lowest BCUT2D eigenvalue weighted by atomic mass is 10.0. The lowest BCUT2D eigenvalue weighted by Gasteiger charge is -2.34. The Labute approximate surface area is 120 Å². The number of ether oxygens (including phenoxy) is 1. The number of methoxy groups -OCH3 is 1. The van der Waals surface area contributed by atoms with Crippen molar-refractivity contribution >= 4 is 11.5 Å². The maximum atomic E-state index is 13.7. The summed E-state index contributed by atoms with van der Waals surface area (Å²) >= 11 is 0. The van der Waals surface area contributed by atoms with Crippen molar-refractivity contribution < 1.29 is 13.9 Å². The number of carbonyl (C=O) groups is 1. The molecule has 1 amide bonds. The van der Waals surface area contributed by atoms with E-state index in [4.69, 9.17) is 4.74 Å². The number of carbonyl (C=O) groups excluding carboxylic acids is 1. The molecule has 0 saturated heterocycles. The minimum Gasteiger partial charge on any atom is -0.382 e. The molecule has 3 nitrogen and oxygen atoms in total. The first kappa shape index (κ1) is 16.4. The van der Waals surface area contributed by atoms with Crippen LogP contribution in [0.2, 0.25) is 0 Å². The summed E-state index contributed by atoms with van der Waals surface area (Å²) in [6, 6.07) is 6.42. The minimum atomic E-state index is -0.419. The van der Waals surface area contributed by atoms with Crippen LogP contribution in [0.3, 0.4) is 0 Å². The fraction of sp³-hybridized carbons (Fsp3) is 0.438. The third-order valence-electron chi connectivity index (χ3n) is 3.37. The topological polar surface area (TPSA) is 29.5 Å². The molecule has 1 aromatic carbocycles. The van der Waals surface area contributed by atoms with Crippen LogP contribution >= 0.6 is 0 Å². The van der Waals surface area contributed by atoms with Crippen LogP contribution in [0.25, 0.3) is 5.57 Å². The molecule has 20 heavy (non-hydrogen) atoms. The Hall–Kier alpha value is -1.68. The summed E-state index contributed by atoms with van der Waals surface area (Å²) in [5, 5.41) is 0. The summed E-state index contributed by atoms with van der Waals surface area (Å²) in [6.07, 6.45) is 1.45. The zero-order chi connectivity index (χ0) is 15.3. The molecule has 0 aliphatic rings. The summed E-state index contributed by atoms with van der Waals surface area (Å²) in [5.74, 6) is -0.499. The molecule has 110 valence electrons. The minimum absolute atomic E-state index is 0.173. The van der Waals surface area contributed by atoms with E-state index in [0.29, 0.717) is 17.7 Å². The van der Waals surface area contributed by atoms with E-state index in [1.54, 1.807) is 44.2 Å². The highest BCUT2D eigenvalue weighted by atomic mass is 19.1. The van der Waals surface area contributed by atoms with Gasteiger partial charge in [-0.3, -0.25) is 4.79 Å². The Morgan fingerprint density at radius 2 is 2.00 bits per heavy atom. The first-order valence-corrected chi connectivity index (χ1v) is 6.49. The molecular formula is C16H22FNO2. The normalized spacial score (nSPS) is 12.4. The average molecular weight is 279 g/mol. The number of benzene rings is 1. The molecule has 0 unspecified atom stereocenters. The van der Waals surface area contributed by atoms with Gasteiger partial charge in [0.1, 0.15) is 5.82 Å². The smallest absolute Gasteiger partial charge is 0.247 e. The van der Waals surface area contributed by atoms with Crippen LogP contribution in [0.1, 0.15) is 26.3 Å². The molecule has 1 aromatic rings. The van der Waals surface area contributed by atoms with Crippen LogP contribution in [0.15, 0.2) is 30.3 Å². The zero-order valence-corrected chi connectivity index (χ0v) is 12.7. The van der Waals surface area contributed by atoms with Crippen molar-refractivity contribution in [2.75, 3.05) is 20.8 Å². The van der Waals surface area contributed by atoms with Crippen LogP contribution < -0.4 is 0 Å². The summed E-state index contributed by atoms with van der Waals surface area (Å²) in [4.78, 5) is 13.8. The van der Waals surface area contributed by atoms with Crippen molar-refractivity contribution in [1.82, 2.24) is 4.90 Å². The number of hydrogen-bond donors (Lipinski definition) is 0. The van der Waals surface area contributed by atoms with Crippen LogP contribution in [0.4, 0.5) is 4.39 Å². The second-order valence-corrected chi connectivity index (χ2v) is 5.45. The lowest BCUT2D eigenvalue weighted by Crippen LogP contribution is -2.47. The van der Waals surface area contributed by atoms with E-state index in [0.717, 1.165) is 0 Å². The predicted octanol–water partition coefficient (Wildman–Crippen LogP) is 3.11. The van der Waals surface area contributed by atoms with Gasteiger partial charge >= 0.3 is 0 Å². The number of halogens is 1. The number of likely N-dealkylation sites (N-methyl/N-ethyl adjacent to an activating group) is 1. The van der Waals surface area contributed by atoms with Crippen molar-refractivity contribution in [2.24, 2.45) is 0 Å². The van der Waals surface area contributed by atoms with E-state index < -0.39 is 5.54 Å².